The van der Waals surface area contributed by atoms with Gasteiger partial charge in [0.05, 0.1) is 6.61 Å². The second-order valence-corrected chi connectivity index (χ2v) is 11.9. The minimum atomic E-state index is -2.03. The Kier molecular flexibility index (Phi) is 5.98. The van der Waals surface area contributed by atoms with Crippen molar-refractivity contribution in [1.82, 2.24) is 4.90 Å². The van der Waals surface area contributed by atoms with Gasteiger partial charge >= 0.3 is 5.97 Å². The van der Waals surface area contributed by atoms with Gasteiger partial charge in [-0.3, -0.25) is 4.79 Å². The number of nitrogens with zero attached hydrogens (tertiary/aromatic N) is 1. The van der Waals surface area contributed by atoms with E-state index in [0.29, 0.717) is 13.2 Å². The summed E-state index contributed by atoms with van der Waals surface area (Å²) < 4.78 is 11.2. The molecule has 0 spiro atoms. The molecule has 1 heterocycles. The molecule has 0 radical (unpaired) electrons. The number of ether oxygens (including phenoxy) is 1. The maximum absolute atomic E-state index is 12.6. The Hall–Kier alpha value is -1.14. The van der Waals surface area contributed by atoms with Crippen LogP contribution in [0.4, 0.5) is 0 Å². The van der Waals surface area contributed by atoms with Crippen molar-refractivity contribution in [2.24, 2.45) is 0 Å². The summed E-state index contributed by atoms with van der Waals surface area (Å²) in [5, 5.41) is 0.0331. The number of carbonyl (C=O) groups is 2. The van der Waals surface area contributed by atoms with Crippen molar-refractivity contribution in [1.29, 1.82) is 0 Å². The molecule has 1 amide bonds. The van der Waals surface area contributed by atoms with Crippen molar-refractivity contribution in [3.63, 3.8) is 0 Å². The zero-order valence-corrected chi connectivity index (χ0v) is 15.8. The van der Waals surface area contributed by atoms with E-state index in [-0.39, 0.29) is 16.9 Å². The van der Waals surface area contributed by atoms with Gasteiger partial charge in [0.2, 0.25) is 0 Å². The van der Waals surface area contributed by atoms with Crippen molar-refractivity contribution in [3.8, 4) is 0 Å². The molecule has 0 N–H and O–H groups in total. The lowest BCUT2D eigenvalue weighted by Crippen LogP contribution is -2.51. The van der Waals surface area contributed by atoms with Crippen LogP contribution in [0.1, 0.15) is 34.6 Å². The summed E-state index contributed by atoms with van der Waals surface area (Å²) in [5.41, 5.74) is 0. The third-order valence-corrected chi connectivity index (χ3v) is 8.95. The Morgan fingerprint density at radius 3 is 2.45 bits per heavy atom. The van der Waals surface area contributed by atoms with Gasteiger partial charge in [0.15, 0.2) is 8.32 Å². The number of esters is 1. The van der Waals surface area contributed by atoms with E-state index in [2.05, 4.69) is 33.9 Å². The largest absolute Gasteiger partial charge is 0.464 e. The smallest absolute Gasteiger partial charge is 0.332 e. The molecule has 1 rings (SSSR count). The van der Waals surface area contributed by atoms with E-state index in [4.69, 9.17) is 9.16 Å². The Morgan fingerprint density at radius 2 is 1.95 bits per heavy atom. The topological polar surface area (TPSA) is 55.8 Å². The molecule has 0 fully saturated rings. The average molecular weight is 327 g/mol. The van der Waals surface area contributed by atoms with E-state index in [1.807, 2.05) is 6.08 Å². The zero-order valence-electron chi connectivity index (χ0n) is 14.8. The van der Waals surface area contributed by atoms with E-state index < -0.39 is 20.5 Å². The predicted molar refractivity (Wildman–Crippen MR) is 89.0 cm³/mol. The van der Waals surface area contributed by atoms with Gasteiger partial charge in [0.1, 0.15) is 12.1 Å². The second-order valence-electron chi connectivity index (χ2n) is 7.14. The molecule has 22 heavy (non-hydrogen) atoms. The van der Waals surface area contributed by atoms with Crippen molar-refractivity contribution in [2.75, 3.05) is 13.2 Å². The summed E-state index contributed by atoms with van der Waals surface area (Å²) in [6.45, 7) is 14.9. The summed E-state index contributed by atoms with van der Waals surface area (Å²) in [6.07, 6.45) is 2.98. The Morgan fingerprint density at radius 1 is 1.36 bits per heavy atom. The number of rotatable bonds is 5. The third-order valence-electron chi connectivity index (χ3n) is 4.39. The predicted octanol–water partition coefficient (Wildman–Crippen LogP) is 2.73. The fourth-order valence-corrected chi connectivity index (χ4v) is 3.42. The maximum atomic E-state index is 12.6. The van der Waals surface area contributed by atoms with Gasteiger partial charge in [-0.05, 0) is 32.0 Å². The van der Waals surface area contributed by atoms with E-state index >= 15 is 0 Å². The first-order chi connectivity index (χ1) is 10.0. The van der Waals surface area contributed by atoms with Crippen LogP contribution >= 0.6 is 0 Å². The molecule has 1 aliphatic heterocycles. The quantitative estimate of drug-likeness (QED) is 0.442. The first-order valence-corrected chi connectivity index (χ1v) is 10.7. The van der Waals surface area contributed by atoms with Crippen LogP contribution < -0.4 is 0 Å². The highest BCUT2D eigenvalue weighted by Gasteiger charge is 2.41. The Labute approximate surface area is 134 Å². The molecule has 1 aliphatic rings. The lowest BCUT2D eigenvalue weighted by molar-refractivity contribution is -0.153. The fraction of sp³-hybridized carbons (Fsp3) is 0.750. The van der Waals surface area contributed by atoms with Crippen molar-refractivity contribution >= 4 is 20.2 Å². The van der Waals surface area contributed by atoms with Crippen molar-refractivity contribution < 1.29 is 18.8 Å². The van der Waals surface area contributed by atoms with Crippen LogP contribution in [0.3, 0.4) is 0 Å². The zero-order chi connectivity index (χ0) is 17.1. The van der Waals surface area contributed by atoms with Crippen molar-refractivity contribution in [3.05, 3.63) is 12.2 Å². The van der Waals surface area contributed by atoms with Gasteiger partial charge in [0, 0.05) is 6.54 Å². The van der Waals surface area contributed by atoms with Crippen LogP contribution in [0.2, 0.25) is 18.1 Å². The maximum Gasteiger partial charge on any atom is 0.332 e. The highest BCUT2D eigenvalue weighted by atomic mass is 28.4. The molecule has 0 saturated carbocycles. The average Bonchev–Trinajstić information content (AvgIpc) is 2.85. The van der Waals surface area contributed by atoms with Crippen LogP contribution in [-0.4, -0.2) is 50.4 Å². The molecule has 0 saturated heterocycles. The Balaban J connectivity index is 2.77. The molecule has 5 nitrogen and oxygen atoms in total. The summed E-state index contributed by atoms with van der Waals surface area (Å²) >= 11 is 0. The first kappa shape index (κ1) is 18.9. The molecule has 0 bridgehead atoms. The molecule has 0 aromatic heterocycles. The van der Waals surface area contributed by atoms with Crippen LogP contribution in [0.25, 0.3) is 0 Å². The van der Waals surface area contributed by atoms with E-state index in [1.54, 1.807) is 19.9 Å². The minimum Gasteiger partial charge on any atom is -0.464 e. The highest BCUT2D eigenvalue weighted by molar-refractivity contribution is 6.74. The third kappa shape index (κ3) is 4.20. The molecular weight excluding hydrogens is 298 g/mol. The molecule has 0 aromatic carbocycles. The molecule has 0 aliphatic carbocycles. The Bertz CT molecular complexity index is 454. The first-order valence-electron chi connectivity index (χ1n) is 7.83. The molecule has 2 atom stereocenters. The molecular formula is C16H29NO4Si. The van der Waals surface area contributed by atoms with Crippen LogP contribution in [0.15, 0.2) is 12.2 Å². The molecule has 126 valence electrons. The van der Waals surface area contributed by atoms with Crippen LogP contribution in [0.5, 0.6) is 0 Å². The van der Waals surface area contributed by atoms with Gasteiger partial charge in [-0.25, -0.2) is 4.79 Å². The number of amides is 1. The molecule has 0 unspecified atom stereocenters. The van der Waals surface area contributed by atoms with Gasteiger partial charge in [-0.2, -0.15) is 0 Å². The van der Waals surface area contributed by atoms with Gasteiger partial charge in [-0.15, -0.1) is 0 Å². The lowest BCUT2D eigenvalue weighted by atomic mass is 10.2. The fourth-order valence-electron chi connectivity index (χ4n) is 2.08. The SMILES string of the molecule is CCOC(=O)[C@@H]1C=CCN1C(=O)[C@H](C)O[Si](C)(C)C(C)(C)C. The van der Waals surface area contributed by atoms with Crippen LogP contribution in [0, 0.1) is 0 Å². The highest BCUT2D eigenvalue weighted by Crippen LogP contribution is 2.37. The number of carbonyl (C=O) groups excluding carboxylic acids is 2. The summed E-state index contributed by atoms with van der Waals surface area (Å²) in [6, 6.07) is -0.627. The van der Waals surface area contributed by atoms with Gasteiger partial charge in [0.25, 0.3) is 5.91 Å². The standard InChI is InChI=1S/C16H29NO4Si/c1-8-20-15(19)13-10-9-11-17(13)14(18)12(2)21-22(6,7)16(3,4)5/h9-10,12-13H,8,11H2,1-7H3/t12-,13-/m0/s1. The van der Waals surface area contributed by atoms with E-state index in [9.17, 15) is 9.59 Å². The minimum absolute atomic E-state index is 0.0331. The number of hydrogen-bond donors (Lipinski definition) is 0. The summed E-state index contributed by atoms with van der Waals surface area (Å²) in [5.74, 6) is -0.544. The number of hydrogen-bond acceptors (Lipinski definition) is 4. The van der Waals surface area contributed by atoms with Gasteiger partial charge < -0.3 is 14.1 Å². The monoisotopic (exact) mass is 327 g/mol. The second kappa shape index (κ2) is 6.96. The van der Waals surface area contributed by atoms with Crippen LogP contribution in [-0.2, 0) is 18.8 Å². The normalized spacial score (nSPS) is 20.1. The summed E-state index contributed by atoms with van der Waals surface area (Å²) in [4.78, 5) is 26.1. The molecule has 6 heteroatoms. The lowest BCUT2D eigenvalue weighted by Gasteiger charge is -2.39. The van der Waals surface area contributed by atoms with Gasteiger partial charge in [-0.1, -0.05) is 32.9 Å². The van der Waals surface area contributed by atoms with E-state index in [1.165, 1.54) is 4.90 Å². The van der Waals surface area contributed by atoms with E-state index in [0.717, 1.165) is 0 Å². The van der Waals surface area contributed by atoms with Crippen molar-refractivity contribution in [2.45, 2.75) is 64.9 Å². The molecule has 0 aromatic rings. The summed E-state index contributed by atoms with van der Waals surface area (Å²) in [7, 11) is -2.03.